The highest BCUT2D eigenvalue weighted by Gasteiger charge is 2.33. The van der Waals surface area contributed by atoms with Gasteiger partial charge in [-0.05, 0) is 40.5 Å². The van der Waals surface area contributed by atoms with Crippen molar-refractivity contribution in [2.45, 2.75) is 19.8 Å². The molecule has 2 aromatic rings. The molecule has 0 fully saturated rings. The fourth-order valence-electron chi connectivity index (χ4n) is 3.45. The Hall–Kier alpha value is -1.60. The maximum absolute atomic E-state index is 9.16. The van der Waals surface area contributed by atoms with Crippen LogP contribution in [0.25, 0.3) is 11.1 Å². The molecule has 0 aliphatic heterocycles. The summed E-state index contributed by atoms with van der Waals surface area (Å²) in [7, 11) is 0. The Kier molecular flexibility index (Phi) is 3.62. The minimum Gasteiger partial charge on any atom is -0.396 e. The number of aliphatic hydroxyl groups is 1. The van der Waals surface area contributed by atoms with Crippen molar-refractivity contribution in [2.75, 3.05) is 6.61 Å². The van der Waals surface area contributed by atoms with Gasteiger partial charge in [0.2, 0.25) is 0 Å². The molecule has 2 unspecified atom stereocenters. The Balaban J connectivity index is 2.07. The first-order valence-electron chi connectivity index (χ1n) is 7.36. The second-order valence-electron chi connectivity index (χ2n) is 5.79. The van der Waals surface area contributed by atoms with Crippen LogP contribution >= 0.6 is 0 Å². The Labute approximate surface area is 121 Å². The van der Waals surface area contributed by atoms with Crippen molar-refractivity contribution < 1.29 is 5.11 Å². The third-order valence-corrected chi connectivity index (χ3v) is 4.71. The molecule has 0 bridgehead atoms. The number of fused-ring (bicyclic) bond motifs is 3. The van der Waals surface area contributed by atoms with Gasteiger partial charge in [0.05, 0.1) is 0 Å². The standard InChI is InChI=1S/C19H21O/c1-13(11-12-20)14(2)19-17-9-5-3-7-15(17)16-8-4-6-10-18(16)19/h3-11,13-14,19-20H,12H2,1-2H3. The van der Waals surface area contributed by atoms with E-state index < -0.39 is 0 Å². The van der Waals surface area contributed by atoms with Gasteiger partial charge in [-0.1, -0.05) is 62.4 Å². The van der Waals surface area contributed by atoms with Crippen LogP contribution in [0.15, 0.2) is 48.5 Å². The van der Waals surface area contributed by atoms with Crippen LogP contribution in [0.1, 0.15) is 30.9 Å². The van der Waals surface area contributed by atoms with E-state index in [0.717, 1.165) is 0 Å². The normalized spacial score (nSPS) is 16.6. The molecule has 1 nitrogen and oxygen atoms in total. The van der Waals surface area contributed by atoms with Crippen molar-refractivity contribution in [1.82, 2.24) is 0 Å². The summed E-state index contributed by atoms with van der Waals surface area (Å²) in [6, 6.07) is 17.4. The van der Waals surface area contributed by atoms with Gasteiger partial charge in [0.25, 0.3) is 0 Å². The predicted molar refractivity (Wildman–Crippen MR) is 83.4 cm³/mol. The van der Waals surface area contributed by atoms with E-state index in [1.165, 1.54) is 22.3 Å². The lowest BCUT2D eigenvalue weighted by molar-refractivity contribution is 0.286. The van der Waals surface area contributed by atoms with E-state index in [4.69, 9.17) is 5.11 Å². The van der Waals surface area contributed by atoms with E-state index in [-0.39, 0.29) is 6.61 Å². The van der Waals surface area contributed by atoms with E-state index >= 15 is 0 Å². The highest BCUT2D eigenvalue weighted by Crippen LogP contribution is 2.49. The average Bonchev–Trinajstić information content (AvgIpc) is 2.81. The van der Waals surface area contributed by atoms with Crippen LogP contribution in [-0.2, 0) is 0 Å². The number of hydrogen-bond donors (Lipinski definition) is 1. The second kappa shape index (κ2) is 5.41. The van der Waals surface area contributed by atoms with Gasteiger partial charge in [-0.25, -0.2) is 0 Å². The number of benzene rings is 2. The summed E-state index contributed by atoms with van der Waals surface area (Å²) in [6.45, 7) is 4.65. The summed E-state index contributed by atoms with van der Waals surface area (Å²) in [5.41, 5.74) is 5.60. The van der Waals surface area contributed by atoms with Gasteiger partial charge in [0.15, 0.2) is 0 Å². The predicted octanol–water partition coefficient (Wildman–Crippen LogP) is 4.27. The first-order valence-corrected chi connectivity index (χ1v) is 7.36. The number of hydrogen-bond acceptors (Lipinski definition) is 1. The summed E-state index contributed by atoms with van der Waals surface area (Å²) in [6.07, 6.45) is 2.01. The third kappa shape index (κ3) is 2.06. The molecule has 0 aromatic heterocycles. The topological polar surface area (TPSA) is 20.2 Å². The molecule has 1 N–H and O–H groups in total. The van der Waals surface area contributed by atoms with Gasteiger partial charge in [-0.2, -0.15) is 0 Å². The monoisotopic (exact) mass is 265 g/mol. The summed E-state index contributed by atoms with van der Waals surface area (Å²) in [5, 5.41) is 9.16. The first kappa shape index (κ1) is 13.4. The molecule has 2 atom stereocenters. The number of aliphatic hydroxyl groups excluding tert-OH is 1. The van der Waals surface area contributed by atoms with Crippen LogP contribution in [0.3, 0.4) is 0 Å². The van der Waals surface area contributed by atoms with E-state index in [1.807, 2.05) is 6.42 Å². The molecule has 0 amide bonds. The Morgan fingerprint density at radius 1 is 0.950 bits per heavy atom. The molecule has 0 saturated heterocycles. The molecule has 2 aromatic carbocycles. The molecule has 0 heterocycles. The summed E-state index contributed by atoms with van der Waals surface area (Å²) < 4.78 is 0. The summed E-state index contributed by atoms with van der Waals surface area (Å²) in [4.78, 5) is 0. The zero-order valence-corrected chi connectivity index (χ0v) is 12.1. The fourth-order valence-corrected chi connectivity index (χ4v) is 3.45. The molecule has 1 heteroatoms. The third-order valence-electron chi connectivity index (χ3n) is 4.71. The van der Waals surface area contributed by atoms with Gasteiger partial charge in [-0.3, -0.25) is 0 Å². The smallest absolute Gasteiger partial charge is 0.0465 e. The lowest BCUT2D eigenvalue weighted by Crippen LogP contribution is -2.18. The van der Waals surface area contributed by atoms with E-state index in [0.29, 0.717) is 17.8 Å². The van der Waals surface area contributed by atoms with Gasteiger partial charge < -0.3 is 5.11 Å². The minimum atomic E-state index is 0.154. The van der Waals surface area contributed by atoms with Crippen LogP contribution in [0, 0.1) is 18.3 Å². The lowest BCUT2D eigenvalue weighted by Gasteiger charge is -2.27. The maximum atomic E-state index is 9.16. The second-order valence-corrected chi connectivity index (χ2v) is 5.79. The Morgan fingerprint density at radius 2 is 1.45 bits per heavy atom. The van der Waals surface area contributed by atoms with Gasteiger partial charge >= 0.3 is 0 Å². The van der Waals surface area contributed by atoms with Crippen molar-refractivity contribution in [1.29, 1.82) is 0 Å². The van der Waals surface area contributed by atoms with Gasteiger partial charge in [0, 0.05) is 12.5 Å². The van der Waals surface area contributed by atoms with Crippen molar-refractivity contribution in [2.24, 2.45) is 11.8 Å². The molecule has 1 aliphatic rings. The first-order chi connectivity index (χ1) is 9.74. The largest absolute Gasteiger partial charge is 0.396 e. The van der Waals surface area contributed by atoms with Crippen LogP contribution in [0.5, 0.6) is 0 Å². The zero-order chi connectivity index (χ0) is 14.1. The summed E-state index contributed by atoms with van der Waals surface area (Å²) in [5.74, 6) is 1.30. The molecule has 103 valence electrons. The number of rotatable bonds is 4. The Bertz CT molecular complexity index is 557. The van der Waals surface area contributed by atoms with Crippen molar-refractivity contribution in [3.8, 4) is 11.1 Å². The van der Waals surface area contributed by atoms with Crippen molar-refractivity contribution in [3.05, 3.63) is 66.1 Å². The average molecular weight is 265 g/mol. The van der Waals surface area contributed by atoms with E-state index in [1.54, 1.807) is 0 Å². The molecule has 20 heavy (non-hydrogen) atoms. The molecular weight excluding hydrogens is 244 g/mol. The molecule has 3 rings (SSSR count). The molecule has 0 spiro atoms. The SMILES string of the molecule is CC([CH]CO)C(C)C1c2ccccc2-c2ccccc21. The van der Waals surface area contributed by atoms with Crippen LogP contribution in [0.2, 0.25) is 0 Å². The minimum absolute atomic E-state index is 0.154. The summed E-state index contributed by atoms with van der Waals surface area (Å²) >= 11 is 0. The van der Waals surface area contributed by atoms with Crippen LogP contribution < -0.4 is 0 Å². The van der Waals surface area contributed by atoms with Crippen molar-refractivity contribution in [3.63, 3.8) is 0 Å². The highest BCUT2D eigenvalue weighted by atomic mass is 16.3. The fraction of sp³-hybridized carbons (Fsp3) is 0.316. The molecule has 0 saturated carbocycles. The van der Waals surface area contributed by atoms with Gasteiger partial charge in [0.1, 0.15) is 0 Å². The molecule has 1 radical (unpaired) electrons. The van der Waals surface area contributed by atoms with E-state index in [2.05, 4.69) is 62.4 Å². The zero-order valence-electron chi connectivity index (χ0n) is 12.1. The van der Waals surface area contributed by atoms with Crippen LogP contribution in [-0.4, -0.2) is 11.7 Å². The highest BCUT2D eigenvalue weighted by molar-refractivity contribution is 5.78. The Morgan fingerprint density at radius 3 is 1.95 bits per heavy atom. The molecule has 1 aliphatic carbocycles. The van der Waals surface area contributed by atoms with Crippen LogP contribution in [0.4, 0.5) is 0 Å². The quantitative estimate of drug-likeness (QED) is 0.875. The lowest BCUT2D eigenvalue weighted by atomic mass is 9.77. The van der Waals surface area contributed by atoms with Gasteiger partial charge in [-0.15, -0.1) is 0 Å². The maximum Gasteiger partial charge on any atom is 0.0465 e. The van der Waals surface area contributed by atoms with E-state index in [9.17, 15) is 0 Å². The van der Waals surface area contributed by atoms with Crippen molar-refractivity contribution >= 4 is 0 Å². The molecular formula is C19H21O.